The molecule has 0 spiro atoms. The Bertz CT molecular complexity index is 887. The second-order valence-electron chi connectivity index (χ2n) is 8.67. The summed E-state index contributed by atoms with van der Waals surface area (Å²) in [5, 5.41) is 12.9. The van der Waals surface area contributed by atoms with Crippen molar-refractivity contribution >= 4 is 45.5 Å². The largest absolute Gasteiger partial charge is 0.393 e. The molecule has 2 fully saturated rings. The van der Waals surface area contributed by atoms with Crippen LogP contribution in [0.15, 0.2) is 23.2 Å². The fourth-order valence-corrected chi connectivity index (χ4v) is 5.29. The molecular formula is C21H34FIN4O3S. The Morgan fingerprint density at radius 1 is 1.29 bits per heavy atom. The van der Waals surface area contributed by atoms with Crippen LogP contribution in [0.4, 0.5) is 10.1 Å². The van der Waals surface area contributed by atoms with Crippen LogP contribution in [-0.2, 0) is 16.4 Å². The van der Waals surface area contributed by atoms with Gasteiger partial charge in [-0.15, -0.1) is 24.0 Å². The van der Waals surface area contributed by atoms with Gasteiger partial charge in [-0.25, -0.2) is 17.8 Å². The Hall–Kier alpha value is -1.14. The molecule has 0 atom stereocenters. The van der Waals surface area contributed by atoms with Crippen molar-refractivity contribution in [2.75, 3.05) is 43.4 Å². The molecule has 2 aliphatic heterocycles. The Morgan fingerprint density at radius 3 is 2.55 bits per heavy atom. The van der Waals surface area contributed by atoms with Crippen LogP contribution in [0, 0.1) is 5.82 Å². The number of aliphatic hydroxyl groups is 1. The van der Waals surface area contributed by atoms with E-state index in [2.05, 4.69) is 10.3 Å². The van der Waals surface area contributed by atoms with E-state index in [9.17, 15) is 17.9 Å². The van der Waals surface area contributed by atoms with Crippen LogP contribution in [0.1, 0.15) is 39.2 Å². The summed E-state index contributed by atoms with van der Waals surface area (Å²) in [4.78, 5) is 8.57. The second-order valence-corrected chi connectivity index (χ2v) is 11.4. The maximum absolute atomic E-state index is 14.7. The number of aliphatic imine (C=N–C) groups is 1. The third kappa shape index (κ3) is 6.22. The number of hydrogen-bond acceptors (Lipinski definition) is 5. The predicted molar refractivity (Wildman–Crippen MR) is 134 cm³/mol. The zero-order valence-corrected chi connectivity index (χ0v) is 21.6. The van der Waals surface area contributed by atoms with Crippen molar-refractivity contribution in [3.63, 3.8) is 0 Å². The monoisotopic (exact) mass is 568 g/mol. The molecule has 2 saturated heterocycles. The average Bonchev–Trinajstić information content (AvgIpc) is 2.68. The summed E-state index contributed by atoms with van der Waals surface area (Å²) in [6, 6.07) is 5.17. The molecule has 176 valence electrons. The van der Waals surface area contributed by atoms with Gasteiger partial charge in [0.05, 0.1) is 28.8 Å². The highest BCUT2D eigenvalue weighted by Crippen LogP contribution is 2.26. The molecule has 0 radical (unpaired) electrons. The first-order chi connectivity index (χ1) is 14.1. The summed E-state index contributed by atoms with van der Waals surface area (Å²) in [7, 11) is -3.13. The van der Waals surface area contributed by atoms with Crippen LogP contribution in [0.2, 0.25) is 0 Å². The number of nitrogens with zero attached hydrogens (tertiary/aromatic N) is 3. The molecular weight excluding hydrogens is 534 g/mol. The summed E-state index contributed by atoms with van der Waals surface area (Å²) in [5.41, 5.74) is 1.32. The molecule has 1 aromatic rings. The second kappa shape index (κ2) is 10.7. The Kier molecular flexibility index (Phi) is 8.97. The number of sulfone groups is 1. The van der Waals surface area contributed by atoms with Crippen LogP contribution in [0.25, 0.3) is 0 Å². The SMILES string of the molecule is CCNC(=NCc1ccc(N2CCC(O)CC2)c(F)c1)N1CCS(=O)(=O)C(C)(C)C1.I. The number of halogens is 2. The van der Waals surface area contributed by atoms with Crippen molar-refractivity contribution < 1.29 is 17.9 Å². The lowest BCUT2D eigenvalue weighted by molar-refractivity contribution is 0.145. The summed E-state index contributed by atoms with van der Waals surface area (Å²) in [6.45, 7) is 8.48. The lowest BCUT2D eigenvalue weighted by Gasteiger charge is -2.39. The molecule has 10 heteroatoms. The van der Waals surface area contributed by atoms with E-state index in [0.29, 0.717) is 63.8 Å². The number of aliphatic hydroxyl groups excluding tert-OH is 1. The molecule has 0 unspecified atom stereocenters. The maximum Gasteiger partial charge on any atom is 0.194 e. The molecule has 2 heterocycles. The van der Waals surface area contributed by atoms with Gasteiger partial charge in [0.1, 0.15) is 5.82 Å². The zero-order chi connectivity index (χ0) is 21.9. The van der Waals surface area contributed by atoms with Gasteiger partial charge in [0, 0.05) is 32.7 Å². The Morgan fingerprint density at radius 2 is 1.97 bits per heavy atom. The molecule has 0 amide bonds. The van der Waals surface area contributed by atoms with E-state index in [1.807, 2.05) is 22.8 Å². The number of nitrogens with one attached hydrogen (secondary N) is 1. The highest BCUT2D eigenvalue weighted by atomic mass is 127. The quantitative estimate of drug-likeness (QED) is 0.330. The normalized spacial score (nSPS) is 21.5. The van der Waals surface area contributed by atoms with Crippen LogP contribution in [0.3, 0.4) is 0 Å². The van der Waals surface area contributed by atoms with Crippen LogP contribution in [-0.4, -0.2) is 73.7 Å². The smallest absolute Gasteiger partial charge is 0.194 e. The molecule has 31 heavy (non-hydrogen) atoms. The number of hydrogen-bond donors (Lipinski definition) is 2. The number of guanidine groups is 1. The Labute approximate surface area is 202 Å². The van der Waals surface area contributed by atoms with Crippen molar-refractivity contribution in [3.05, 3.63) is 29.6 Å². The van der Waals surface area contributed by atoms with Crippen molar-refractivity contribution in [1.82, 2.24) is 10.2 Å². The van der Waals surface area contributed by atoms with Gasteiger partial charge in [-0.3, -0.25) is 0 Å². The van der Waals surface area contributed by atoms with Gasteiger partial charge in [0.2, 0.25) is 0 Å². The zero-order valence-electron chi connectivity index (χ0n) is 18.5. The first-order valence-electron chi connectivity index (χ1n) is 10.6. The minimum atomic E-state index is -3.13. The summed E-state index contributed by atoms with van der Waals surface area (Å²) < 4.78 is 38.4. The molecule has 1 aromatic carbocycles. The van der Waals surface area contributed by atoms with E-state index in [1.54, 1.807) is 19.9 Å². The van der Waals surface area contributed by atoms with E-state index in [1.165, 1.54) is 6.07 Å². The van der Waals surface area contributed by atoms with Gasteiger partial charge in [0.25, 0.3) is 0 Å². The third-order valence-corrected chi connectivity index (χ3v) is 8.44. The molecule has 0 aliphatic carbocycles. The summed E-state index contributed by atoms with van der Waals surface area (Å²) in [6.07, 6.45) is 1.01. The van der Waals surface area contributed by atoms with E-state index in [4.69, 9.17) is 0 Å². The third-order valence-electron chi connectivity index (χ3n) is 5.91. The first kappa shape index (κ1) is 26.1. The Balaban J connectivity index is 0.00000341. The molecule has 2 aliphatic rings. The predicted octanol–water partition coefficient (Wildman–Crippen LogP) is 2.38. The van der Waals surface area contributed by atoms with Gasteiger partial charge >= 0.3 is 0 Å². The lowest BCUT2D eigenvalue weighted by atomic mass is 10.1. The molecule has 2 N–H and O–H groups in total. The van der Waals surface area contributed by atoms with E-state index >= 15 is 0 Å². The van der Waals surface area contributed by atoms with E-state index in [-0.39, 0.29) is 41.7 Å². The minimum Gasteiger partial charge on any atom is -0.393 e. The number of benzene rings is 1. The van der Waals surface area contributed by atoms with Crippen molar-refractivity contribution in [2.45, 2.75) is 51.0 Å². The summed E-state index contributed by atoms with van der Waals surface area (Å²) in [5.74, 6) is 0.461. The van der Waals surface area contributed by atoms with Gasteiger partial charge in [-0.05, 0) is 51.3 Å². The highest BCUT2D eigenvalue weighted by molar-refractivity contribution is 14.0. The standard InChI is InChI=1S/C21H33FN4O3S.HI/c1-4-23-20(26-11-12-30(28,29)21(2,3)15-26)24-14-16-5-6-19(18(22)13-16)25-9-7-17(27)8-10-25;/h5-6,13,17,27H,4,7-12,14-15H2,1-3H3,(H,23,24);1H. The maximum atomic E-state index is 14.7. The van der Waals surface area contributed by atoms with Crippen LogP contribution >= 0.6 is 24.0 Å². The number of anilines is 1. The fraction of sp³-hybridized carbons (Fsp3) is 0.667. The lowest BCUT2D eigenvalue weighted by Crippen LogP contribution is -2.57. The molecule has 0 bridgehead atoms. The van der Waals surface area contributed by atoms with Crippen LogP contribution < -0.4 is 10.2 Å². The van der Waals surface area contributed by atoms with Gasteiger partial charge < -0.3 is 20.2 Å². The molecule has 0 aromatic heterocycles. The van der Waals surface area contributed by atoms with Crippen LogP contribution in [0.5, 0.6) is 0 Å². The molecule has 3 rings (SSSR count). The fourth-order valence-electron chi connectivity index (χ4n) is 3.93. The van der Waals surface area contributed by atoms with E-state index < -0.39 is 14.6 Å². The van der Waals surface area contributed by atoms with Gasteiger partial charge in [-0.1, -0.05) is 6.07 Å². The van der Waals surface area contributed by atoms with Crippen molar-refractivity contribution in [2.24, 2.45) is 4.99 Å². The topological polar surface area (TPSA) is 85.2 Å². The summed E-state index contributed by atoms with van der Waals surface area (Å²) >= 11 is 0. The first-order valence-corrected chi connectivity index (χ1v) is 12.2. The average molecular weight is 568 g/mol. The van der Waals surface area contributed by atoms with E-state index in [0.717, 1.165) is 5.56 Å². The molecule has 7 nitrogen and oxygen atoms in total. The van der Waals surface area contributed by atoms with Gasteiger partial charge in [-0.2, -0.15) is 0 Å². The number of rotatable bonds is 4. The number of piperidine rings is 1. The minimum absolute atomic E-state index is 0. The van der Waals surface area contributed by atoms with Crippen molar-refractivity contribution in [1.29, 1.82) is 0 Å². The van der Waals surface area contributed by atoms with Gasteiger partial charge in [0.15, 0.2) is 15.8 Å². The van der Waals surface area contributed by atoms with Crippen molar-refractivity contribution in [3.8, 4) is 0 Å². The highest BCUT2D eigenvalue weighted by Gasteiger charge is 2.40. The molecule has 0 saturated carbocycles.